The number of esters is 1. The van der Waals surface area contributed by atoms with Gasteiger partial charge in [-0.1, -0.05) is 13.8 Å². The van der Waals surface area contributed by atoms with Crippen molar-refractivity contribution in [2.24, 2.45) is 17.3 Å². The van der Waals surface area contributed by atoms with Crippen molar-refractivity contribution < 1.29 is 23.8 Å². The third kappa shape index (κ3) is 2.23. The van der Waals surface area contributed by atoms with Crippen LogP contribution in [0.2, 0.25) is 0 Å². The number of allylic oxidation sites excluding steroid dienone is 1. The lowest BCUT2D eigenvalue weighted by Crippen LogP contribution is -2.05. The van der Waals surface area contributed by atoms with Gasteiger partial charge >= 0.3 is 11.9 Å². The molecule has 0 radical (unpaired) electrons. The quantitative estimate of drug-likeness (QED) is 0.590. The molecular weight excluding hydrogens is 215 g/mol. The fraction of sp³-hybridized carbons (Fsp3) is 0.636. The van der Waals surface area contributed by atoms with Crippen molar-refractivity contribution in [3.8, 4) is 0 Å². The summed E-state index contributed by atoms with van der Waals surface area (Å²) < 4.78 is 17.7. The maximum Gasteiger partial charge on any atom is 0.366 e. The highest BCUT2D eigenvalue weighted by Crippen LogP contribution is 2.59. The minimum atomic E-state index is -1.03. The third-order valence-corrected chi connectivity index (χ3v) is 2.97. The van der Waals surface area contributed by atoms with Gasteiger partial charge in [0.15, 0.2) is 0 Å². The van der Waals surface area contributed by atoms with Gasteiger partial charge in [-0.15, -0.1) is 0 Å². The zero-order chi connectivity index (χ0) is 12.5. The van der Waals surface area contributed by atoms with Crippen LogP contribution in [0.15, 0.2) is 11.9 Å². The number of carboxylic acids is 1. The van der Waals surface area contributed by atoms with Crippen molar-refractivity contribution in [2.45, 2.75) is 20.8 Å². The number of carbonyl (C=O) groups is 2. The highest BCUT2D eigenvalue weighted by Gasteiger charge is 2.61. The Kier molecular flexibility index (Phi) is 3.35. The Morgan fingerprint density at radius 1 is 1.50 bits per heavy atom. The molecule has 1 fully saturated rings. The lowest BCUT2D eigenvalue weighted by molar-refractivity contribution is -0.141. The Bertz CT molecular complexity index is 346. The zero-order valence-electron chi connectivity index (χ0n) is 9.49. The fourth-order valence-corrected chi connectivity index (χ4v) is 1.89. The summed E-state index contributed by atoms with van der Waals surface area (Å²) in [6.45, 7) is 5.12. The standard InChI is InChI=1S/C11H15FO4/c1-4-16-10(15)7(12)5-6-8(9(13)14)11(6,2)3/h5-6,8H,4H2,1-3H3,(H,13,14)/b7-5-. The van der Waals surface area contributed by atoms with Crippen LogP contribution in [0.4, 0.5) is 4.39 Å². The molecule has 90 valence electrons. The van der Waals surface area contributed by atoms with E-state index in [-0.39, 0.29) is 6.61 Å². The molecule has 2 unspecified atom stereocenters. The Morgan fingerprint density at radius 3 is 2.44 bits per heavy atom. The highest BCUT2D eigenvalue weighted by atomic mass is 19.1. The highest BCUT2D eigenvalue weighted by molar-refractivity contribution is 5.86. The summed E-state index contributed by atoms with van der Waals surface area (Å²) in [4.78, 5) is 21.8. The lowest BCUT2D eigenvalue weighted by Gasteiger charge is -1.99. The maximum atomic E-state index is 13.2. The summed E-state index contributed by atoms with van der Waals surface area (Å²) in [5.41, 5.74) is -0.504. The van der Waals surface area contributed by atoms with Crippen molar-refractivity contribution in [3.63, 3.8) is 0 Å². The number of rotatable bonds is 4. The van der Waals surface area contributed by atoms with Gasteiger partial charge in [0.2, 0.25) is 5.83 Å². The molecule has 1 aliphatic rings. The molecule has 5 heteroatoms. The van der Waals surface area contributed by atoms with Crippen LogP contribution in [0.1, 0.15) is 20.8 Å². The second-order valence-electron chi connectivity index (χ2n) is 4.40. The number of ether oxygens (including phenoxy) is 1. The Balaban J connectivity index is 2.72. The van der Waals surface area contributed by atoms with E-state index in [1.807, 2.05) is 0 Å². The average molecular weight is 230 g/mol. The number of hydrogen-bond acceptors (Lipinski definition) is 3. The number of halogens is 1. The van der Waals surface area contributed by atoms with E-state index in [0.29, 0.717) is 0 Å². The first kappa shape index (κ1) is 12.7. The van der Waals surface area contributed by atoms with Gasteiger partial charge in [-0.25, -0.2) is 4.79 Å². The largest absolute Gasteiger partial charge is 0.481 e. The predicted octanol–water partition coefficient (Wildman–Crippen LogP) is 1.76. The van der Waals surface area contributed by atoms with Crippen LogP contribution in [-0.2, 0) is 14.3 Å². The molecule has 2 atom stereocenters. The summed E-state index contributed by atoms with van der Waals surface area (Å²) >= 11 is 0. The molecule has 16 heavy (non-hydrogen) atoms. The predicted molar refractivity (Wildman–Crippen MR) is 54.2 cm³/mol. The van der Waals surface area contributed by atoms with E-state index in [0.717, 1.165) is 6.08 Å². The molecule has 0 aromatic carbocycles. The minimum Gasteiger partial charge on any atom is -0.481 e. The molecule has 1 rings (SSSR count). The van der Waals surface area contributed by atoms with Gasteiger partial charge in [0.1, 0.15) is 0 Å². The van der Waals surface area contributed by atoms with Crippen LogP contribution in [-0.4, -0.2) is 23.7 Å². The molecular formula is C11H15FO4. The zero-order valence-corrected chi connectivity index (χ0v) is 9.49. The SMILES string of the molecule is CCOC(=O)/C(F)=C/C1C(C(=O)O)C1(C)C. The molecule has 4 nitrogen and oxygen atoms in total. The first-order valence-corrected chi connectivity index (χ1v) is 5.09. The van der Waals surface area contributed by atoms with Crippen molar-refractivity contribution in [2.75, 3.05) is 6.61 Å². The van der Waals surface area contributed by atoms with Crippen LogP contribution in [0.3, 0.4) is 0 Å². The van der Waals surface area contributed by atoms with Gasteiger partial charge in [0, 0.05) is 0 Å². The van der Waals surface area contributed by atoms with E-state index in [2.05, 4.69) is 4.74 Å². The number of aliphatic carboxylic acids is 1. The van der Waals surface area contributed by atoms with E-state index in [9.17, 15) is 14.0 Å². The second-order valence-corrected chi connectivity index (χ2v) is 4.40. The number of carbonyl (C=O) groups excluding carboxylic acids is 1. The van der Waals surface area contributed by atoms with Crippen LogP contribution in [0.25, 0.3) is 0 Å². The monoisotopic (exact) mass is 230 g/mol. The molecule has 1 aliphatic carbocycles. The summed E-state index contributed by atoms with van der Waals surface area (Å²) in [6.07, 6.45) is 1.05. The molecule has 1 N–H and O–H groups in total. The van der Waals surface area contributed by atoms with Crippen LogP contribution < -0.4 is 0 Å². The molecule has 1 saturated carbocycles. The van der Waals surface area contributed by atoms with Crippen molar-refractivity contribution >= 4 is 11.9 Å². The van der Waals surface area contributed by atoms with Crippen LogP contribution in [0.5, 0.6) is 0 Å². The molecule has 0 saturated heterocycles. The van der Waals surface area contributed by atoms with E-state index < -0.39 is 35.0 Å². The smallest absolute Gasteiger partial charge is 0.366 e. The Morgan fingerprint density at radius 2 is 2.06 bits per heavy atom. The van der Waals surface area contributed by atoms with Gasteiger partial charge in [0.05, 0.1) is 12.5 Å². The van der Waals surface area contributed by atoms with Gasteiger partial charge in [-0.2, -0.15) is 4.39 Å². The van der Waals surface area contributed by atoms with Gasteiger partial charge in [0.25, 0.3) is 0 Å². The van der Waals surface area contributed by atoms with Crippen LogP contribution >= 0.6 is 0 Å². The Hall–Kier alpha value is -1.39. The van der Waals surface area contributed by atoms with E-state index >= 15 is 0 Å². The fourth-order valence-electron chi connectivity index (χ4n) is 1.89. The van der Waals surface area contributed by atoms with E-state index in [4.69, 9.17) is 5.11 Å². The summed E-state index contributed by atoms with van der Waals surface area (Å²) in [5.74, 6) is -4.09. The molecule has 0 aliphatic heterocycles. The minimum absolute atomic E-state index is 0.0938. The van der Waals surface area contributed by atoms with E-state index in [1.54, 1.807) is 20.8 Å². The second kappa shape index (κ2) is 4.23. The third-order valence-electron chi connectivity index (χ3n) is 2.97. The molecule has 0 heterocycles. The van der Waals surface area contributed by atoms with Gasteiger partial charge in [-0.3, -0.25) is 4.79 Å². The van der Waals surface area contributed by atoms with Crippen molar-refractivity contribution in [1.29, 1.82) is 0 Å². The molecule has 0 aromatic heterocycles. The topological polar surface area (TPSA) is 63.6 Å². The number of carboxylic acid groups (broad SMARTS) is 1. The first-order chi connectivity index (χ1) is 7.32. The summed E-state index contributed by atoms with van der Waals surface area (Å²) in [6, 6.07) is 0. The van der Waals surface area contributed by atoms with Crippen LogP contribution in [0, 0.1) is 17.3 Å². The molecule has 0 aromatic rings. The summed E-state index contributed by atoms with van der Waals surface area (Å²) in [7, 11) is 0. The van der Waals surface area contributed by atoms with Crippen molar-refractivity contribution in [1.82, 2.24) is 0 Å². The van der Waals surface area contributed by atoms with Gasteiger partial charge < -0.3 is 9.84 Å². The lowest BCUT2D eigenvalue weighted by atomic mass is 10.1. The van der Waals surface area contributed by atoms with Gasteiger partial charge in [-0.05, 0) is 24.3 Å². The maximum absolute atomic E-state index is 13.2. The van der Waals surface area contributed by atoms with E-state index in [1.165, 1.54) is 0 Å². The number of hydrogen-bond donors (Lipinski definition) is 1. The molecule has 0 spiro atoms. The molecule has 0 bridgehead atoms. The average Bonchev–Trinajstić information content (AvgIpc) is 2.68. The normalized spacial score (nSPS) is 27.4. The van der Waals surface area contributed by atoms with Crippen molar-refractivity contribution in [3.05, 3.63) is 11.9 Å². The molecule has 0 amide bonds. The Labute approximate surface area is 93.1 Å². The summed E-state index contributed by atoms with van der Waals surface area (Å²) in [5, 5.41) is 8.85. The first-order valence-electron chi connectivity index (χ1n) is 5.09.